The van der Waals surface area contributed by atoms with Crippen LogP contribution in [0.2, 0.25) is 0 Å². The fourth-order valence-corrected chi connectivity index (χ4v) is 2.87. The minimum Gasteiger partial charge on any atom is -0.489 e. The van der Waals surface area contributed by atoms with Crippen molar-refractivity contribution in [3.63, 3.8) is 0 Å². The number of hydrogen-bond acceptors (Lipinski definition) is 3. The van der Waals surface area contributed by atoms with E-state index in [-0.39, 0.29) is 5.91 Å². The quantitative estimate of drug-likeness (QED) is 0.314. The molecule has 0 bridgehead atoms. The highest BCUT2D eigenvalue weighted by atomic mass is 16.5. The molecule has 0 aliphatic rings. The van der Waals surface area contributed by atoms with Crippen molar-refractivity contribution in [3.8, 4) is 5.75 Å². The number of ether oxygens (including phenoxy) is 1. The van der Waals surface area contributed by atoms with Crippen LogP contribution >= 0.6 is 0 Å². The Morgan fingerprint density at radius 1 is 1.13 bits per heavy atom. The maximum Gasteiger partial charge on any atom is 0.224 e. The number of nitrogens with one attached hydrogen (secondary N) is 3. The zero-order valence-electron chi connectivity index (χ0n) is 18.1. The second-order valence-corrected chi connectivity index (χ2v) is 7.33. The van der Waals surface area contributed by atoms with Crippen molar-refractivity contribution in [2.45, 2.75) is 33.4 Å². The number of nitrogens with zero attached hydrogens (tertiary/aromatic N) is 1. The van der Waals surface area contributed by atoms with Gasteiger partial charge in [0.2, 0.25) is 5.91 Å². The molecule has 0 saturated heterocycles. The van der Waals surface area contributed by atoms with Gasteiger partial charge in [0.15, 0.2) is 5.96 Å². The van der Waals surface area contributed by atoms with Crippen LogP contribution in [0.5, 0.6) is 5.75 Å². The molecule has 0 aliphatic heterocycles. The number of rotatable bonds is 10. The van der Waals surface area contributed by atoms with Crippen LogP contribution in [0.1, 0.15) is 31.4 Å². The first-order chi connectivity index (χ1) is 14.5. The lowest BCUT2D eigenvalue weighted by atomic mass is 10.1. The van der Waals surface area contributed by atoms with Gasteiger partial charge in [-0.05, 0) is 29.7 Å². The van der Waals surface area contributed by atoms with Gasteiger partial charge < -0.3 is 20.7 Å². The van der Waals surface area contributed by atoms with E-state index >= 15 is 0 Å². The van der Waals surface area contributed by atoms with Gasteiger partial charge in [0.25, 0.3) is 0 Å². The van der Waals surface area contributed by atoms with Gasteiger partial charge >= 0.3 is 0 Å². The maximum absolute atomic E-state index is 12.0. The molecule has 3 N–H and O–H groups in total. The fraction of sp³-hybridized carbons (Fsp3) is 0.333. The molecule has 2 rings (SSSR count). The highest BCUT2D eigenvalue weighted by Crippen LogP contribution is 2.17. The normalized spacial score (nSPS) is 11.1. The number of guanidine groups is 1. The Morgan fingerprint density at radius 2 is 1.90 bits per heavy atom. The molecular formula is C24H32N4O2. The molecule has 30 heavy (non-hydrogen) atoms. The van der Waals surface area contributed by atoms with Crippen LogP contribution in [-0.2, 0) is 17.9 Å². The molecule has 0 aromatic heterocycles. The molecule has 0 spiro atoms. The molecule has 0 unspecified atom stereocenters. The van der Waals surface area contributed by atoms with Gasteiger partial charge in [0.1, 0.15) is 12.4 Å². The molecule has 0 radical (unpaired) electrons. The molecule has 0 heterocycles. The van der Waals surface area contributed by atoms with E-state index < -0.39 is 0 Å². The van der Waals surface area contributed by atoms with Crippen LogP contribution in [0, 0.1) is 5.92 Å². The summed E-state index contributed by atoms with van der Waals surface area (Å²) in [6, 6.07) is 15.7. The lowest BCUT2D eigenvalue weighted by Gasteiger charge is -2.15. The Hall–Kier alpha value is -3.28. The van der Waals surface area contributed by atoms with Crippen LogP contribution in [0.4, 0.5) is 5.69 Å². The van der Waals surface area contributed by atoms with Crippen molar-refractivity contribution in [3.05, 3.63) is 72.3 Å². The van der Waals surface area contributed by atoms with Crippen molar-refractivity contribution in [1.29, 1.82) is 0 Å². The molecule has 2 aromatic rings. The third kappa shape index (κ3) is 7.99. The minimum absolute atomic E-state index is 0.0323. The van der Waals surface area contributed by atoms with E-state index in [1.54, 1.807) is 13.1 Å². The predicted octanol–water partition coefficient (Wildman–Crippen LogP) is 4.10. The van der Waals surface area contributed by atoms with Gasteiger partial charge in [-0.3, -0.25) is 9.79 Å². The Balaban J connectivity index is 1.90. The highest BCUT2D eigenvalue weighted by molar-refractivity contribution is 5.90. The SMILES string of the molecule is C=CCOc1ccccc1CNC(=NC)NCc1cccc(NC(=O)CC(C)C)c1. The highest BCUT2D eigenvalue weighted by Gasteiger charge is 2.07. The third-order valence-electron chi connectivity index (χ3n) is 4.26. The molecule has 160 valence electrons. The van der Waals surface area contributed by atoms with Crippen molar-refractivity contribution in [2.75, 3.05) is 19.0 Å². The topological polar surface area (TPSA) is 74.8 Å². The number of carbonyl (C=O) groups is 1. The molecule has 2 aromatic carbocycles. The second kappa shape index (κ2) is 12.3. The average molecular weight is 409 g/mol. The van der Waals surface area contributed by atoms with Crippen LogP contribution in [0.25, 0.3) is 0 Å². The summed E-state index contributed by atoms with van der Waals surface area (Å²) in [4.78, 5) is 16.3. The third-order valence-corrected chi connectivity index (χ3v) is 4.26. The molecule has 6 heteroatoms. The van der Waals surface area contributed by atoms with E-state index in [1.807, 2.05) is 62.4 Å². The molecular weight excluding hydrogens is 376 g/mol. The summed E-state index contributed by atoms with van der Waals surface area (Å²) < 4.78 is 5.70. The number of benzene rings is 2. The van der Waals surface area contributed by atoms with E-state index in [0.29, 0.717) is 38.0 Å². The first-order valence-electron chi connectivity index (χ1n) is 10.2. The largest absolute Gasteiger partial charge is 0.489 e. The smallest absolute Gasteiger partial charge is 0.224 e. The first-order valence-corrected chi connectivity index (χ1v) is 10.2. The molecule has 0 aliphatic carbocycles. The van der Waals surface area contributed by atoms with E-state index in [2.05, 4.69) is 27.5 Å². The van der Waals surface area contributed by atoms with E-state index in [4.69, 9.17) is 4.74 Å². The van der Waals surface area contributed by atoms with Gasteiger partial charge in [-0.1, -0.05) is 56.8 Å². The molecule has 6 nitrogen and oxygen atoms in total. The van der Waals surface area contributed by atoms with Crippen molar-refractivity contribution in [1.82, 2.24) is 10.6 Å². The van der Waals surface area contributed by atoms with Crippen LogP contribution in [0.15, 0.2) is 66.2 Å². The van der Waals surface area contributed by atoms with Crippen LogP contribution in [-0.4, -0.2) is 25.5 Å². The van der Waals surface area contributed by atoms with E-state index in [1.165, 1.54) is 0 Å². The zero-order valence-corrected chi connectivity index (χ0v) is 18.1. The van der Waals surface area contributed by atoms with Crippen LogP contribution in [0.3, 0.4) is 0 Å². The summed E-state index contributed by atoms with van der Waals surface area (Å²) in [6.45, 7) is 9.38. The summed E-state index contributed by atoms with van der Waals surface area (Å²) in [5.74, 6) is 1.87. The standard InChI is InChI=1S/C24H32N4O2/c1-5-13-30-22-12-7-6-10-20(22)17-27-24(25-4)26-16-19-9-8-11-21(15-19)28-23(29)14-18(2)3/h5-12,15,18H,1,13-14,16-17H2,2-4H3,(H,28,29)(H2,25,26,27). The maximum atomic E-state index is 12.0. The molecule has 0 saturated carbocycles. The number of anilines is 1. The number of hydrogen-bond donors (Lipinski definition) is 3. The monoisotopic (exact) mass is 408 g/mol. The molecule has 0 fully saturated rings. The number of para-hydroxylation sites is 1. The predicted molar refractivity (Wildman–Crippen MR) is 124 cm³/mol. The first kappa shape index (κ1) is 23.0. The van der Waals surface area contributed by atoms with Crippen molar-refractivity contribution in [2.24, 2.45) is 10.9 Å². The van der Waals surface area contributed by atoms with Gasteiger partial charge in [0, 0.05) is 37.8 Å². The van der Waals surface area contributed by atoms with E-state index in [9.17, 15) is 4.79 Å². The van der Waals surface area contributed by atoms with Crippen molar-refractivity contribution >= 4 is 17.6 Å². The summed E-state index contributed by atoms with van der Waals surface area (Å²) >= 11 is 0. The average Bonchev–Trinajstić information content (AvgIpc) is 2.72. The Labute approximate surface area is 179 Å². The minimum atomic E-state index is 0.0323. The van der Waals surface area contributed by atoms with Gasteiger partial charge in [0.05, 0.1) is 0 Å². The summed E-state index contributed by atoms with van der Waals surface area (Å²) in [6.07, 6.45) is 2.24. The number of carbonyl (C=O) groups excluding carboxylic acids is 1. The lowest BCUT2D eigenvalue weighted by molar-refractivity contribution is -0.116. The number of aliphatic imine (C=N–C) groups is 1. The summed E-state index contributed by atoms with van der Waals surface area (Å²) in [7, 11) is 1.73. The lowest BCUT2D eigenvalue weighted by Crippen LogP contribution is -2.36. The molecule has 1 amide bonds. The van der Waals surface area contributed by atoms with Gasteiger partial charge in [-0.15, -0.1) is 0 Å². The Bertz CT molecular complexity index is 862. The van der Waals surface area contributed by atoms with Crippen molar-refractivity contribution < 1.29 is 9.53 Å². The second-order valence-electron chi connectivity index (χ2n) is 7.33. The number of amides is 1. The van der Waals surface area contributed by atoms with Gasteiger partial charge in [-0.25, -0.2) is 0 Å². The molecule has 0 atom stereocenters. The zero-order chi connectivity index (χ0) is 21.8. The van der Waals surface area contributed by atoms with Gasteiger partial charge in [-0.2, -0.15) is 0 Å². The fourth-order valence-electron chi connectivity index (χ4n) is 2.87. The van der Waals surface area contributed by atoms with E-state index in [0.717, 1.165) is 22.6 Å². The summed E-state index contributed by atoms with van der Waals surface area (Å²) in [5.41, 5.74) is 2.89. The Morgan fingerprint density at radius 3 is 2.63 bits per heavy atom. The summed E-state index contributed by atoms with van der Waals surface area (Å²) in [5, 5.41) is 9.56. The van der Waals surface area contributed by atoms with Crippen LogP contribution < -0.4 is 20.7 Å². The Kier molecular flexibility index (Phi) is 9.45.